The Balaban J connectivity index is 2.54. The summed E-state index contributed by atoms with van der Waals surface area (Å²) in [7, 11) is 0. The Labute approximate surface area is 94.4 Å². The summed E-state index contributed by atoms with van der Waals surface area (Å²) in [5.74, 6) is 0.207. The molecule has 0 aromatic rings. The molecule has 0 heterocycles. The van der Waals surface area contributed by atoms with Gasteiger partial charge in [-0.05, 0) is 36.3 Å². The maximum Gasteiger partial charge on any atom is 0.119 e. The zero-order valence-corrected chi connectivity index (χ0v) is 10.6. The summed E-state index contributed by atoms with van der Waals surface area (Å²) < 4.78 is 13.0. The highest BCUT2D eigenvalue weighted by Crippen LogP contribution is 2.33. The predicted molar refractivity (Wildman–Crippen MR) is 63.2 cm³/mol. The van der Waals surface area contributed by atoms with Gasteiger partial charge in [-0.25, -0.2) is 4.39 Å². The molecular weight excluding hydrogens is 243 g/mol. The van der Waals surface area contributed by atoms with Crippen molar-refractivity contribution in [3.05, 3.63) is 24.1 Å². The molecule has 0 amide bonds. The smallest absolute Gasteiger partial charge is 0.119 e. The molecule has 0 saturated heterocycles. The topological polar surface area (TPSA) is 0 Å². The van der Waals surface area contributed by atoms with Gasteiger partial charge in [0.05, 0.1) is 0 Å². The molecule has 1 aliphatic carbocycles. The molecule has 0 aromatic carbocycles. The predicted octanol–water partition coefficient (Wildman–Crippen LogP) is 4.62. The van der Waals surface area contributed by atoms with Gasteiger partial charge in [0.1, 0.15) is 5.83 Å². The van der Waals surface area contributed by atoms with Gasteiger partial charge in [-0.1, -0.05) is 42.8 Å². The summed E-state index contributed by atoms with van der Waals surface area (Å²) in [6.07, 6.45) is 7.20. The van der Waals surface area contributed by atoms with Gasteiger partial charge < -0.3 is 0 Å². The highest BCUT2D eigenvalue weighted by atomic mass is 79.9. The van der Waals surface area contributed by atoms with E-state index in [1.807, 2.05) is 6.08 Å². The van der Waals surface area contributed by atoms with Crippen LogP contribution in [0.2, 0.25) is 0 Å². The zero-order chi connectivity index (χ0) is 10.8. The van der Waals surface area contributed by atoms with E-state index in [1.54, 1.807) is 12.2 Å². The molecule has 0 radical (unpaired) electrons. The van der Waals surface area contributed by atoms with E-state index in [1.165, 1.54) is 0 Å². The van der Waals surface area contributed by atoms with Gasteiger partial charge in [0.25, 0.3) is 0 Å². The summed E-state index contributed by atoms with van der Waals surface area (Å²) in [6, 6.07) is 0. The Kier molecular flexibility index (Phi) is 3.94. The van der Waals surface area contributed by atoms with Crippen LogP contribution in [0.25, 0.3) is 0 Å². The Morgan fingerprint density at radius 1 is 1.57 bits per heavy atom. The maximum atomic E-state index is 13.0. The number of alkyl halides is 1. The first-order valence-electron chi connectivity index (χ1n) is 5.06. The van der Waals surface area contributed by atoms with E-state index in [0.29, 0.717) is 16.2 Å². The van der Waals surface area contributed by atoms with E-state index in [4.69, 9.17) is 0 Å². The van der Waals surface area contributed by atoms with Gasteiger partial charge in [0, 0.05) is 4.83 Å². The summed E-state index contributed by atoms with van der Waals surface area (Å²) in [4.78, 5) is 0.373. The minimum atomic E-state index is -0.0976. The second-order valence-electron chi connectivity index (χ2n) is 5.13. The average Bonchev–Trinajstić information content (AvgIpc) is 2.01. The first-order chi connectivity index (χ1) is 6.38. The molecule has 1 aliphatic rings. The molecule has 0 spiro atoms. The van der Waals surface area contributed by atoms with Crippen LogP contribution in [0.3, 0.4) is 0 Å². The molecule has 0 N–H and O–H groups in total. The van der Waals surface area contributed by atoms with Gasteiger partial charge in [0.15, 0.2) is 0 Å². The Hall–Kier alpha value is -0.110. The maximum absolute atomic E-state index is 13.0. The van der Waals surface area contributed by atoms with Gasteiger partial charge in [0.2, 0.25) is 0 Å². The largest absolute Gasteiger partial charge is 0.207 e. The van der Waals surface area contributed by atoms with Crippen LogP contribution in [0.1, 0.15) is 33.6 Å². The van der Waals surface area contributed by atoms with Crippen LogP contribution < -0.4 is 0 Å². The zero-order valence-electron chi connectivity index (χ0n) is 9.06. The van der Waals surface area contributed by atoms with E-state index in [0.717, 1.165) is 12.8 Å². The lowest BCUT2D eigenvalue weighted by Crippen LogP contribution is -2.20. The quantitative estimate of drug-likeness (QED) is 0.636. The van der Waals surface area contributed by atoms with Gasteiger partial charge >= 0.3 is 0 Å². The van der Waals surface area contributed by atoms with Crippen LogP contribution >= 0.6 is 15.9 Å². The minimum Gasteiger partial charge on any atom is -0.207 e. The summed E-state index contributed by atoms with van der Waals surface area (Å²) >= 11 is 3.66. The third-order valence-electron chi connectivity index (χ3n) is 2.33. The van der Waals surface area contributed by atoms with Crippen molar-refractivity contribution in [3.63, 3.8) is 0 Å². The highest BCUT2D eigenvalue weighted by molar-refractivity contribution is 9.09. The van der Waals surface area contributed by atoms with Crippen molar-refractivity contribution in [2.24, 2.45) is 11.3 Å². The molecule has 2 unspecified atom stereocenters. The van der Waals surface area contributed by atoms with Gasteiger partial charge in [-0.15, -0.1) is 0 Å². The van der Waals surface area contributed by atoms with E-state index in [-0.39, 0.29) is 5.83 Å². The van der Waals surface area contributed by atoms with Crippen LogP contribution in [-0.2, 0) is 0 Å². The number of halogens is 2. The fourth-order valence-electron chi connectivity index (χ4n) is 1.65. The molecule has 0 aliphatic heterocycles. The molecule has 1 rings (SSSR count). The van der Waals surface area contributed by atoms with Crippen molar-refractivity contribution in [2.75, 3.05) is 0 Å². The Morgan fingerprint density at radius 3 is 2.71 bits per heavy atom. The first-order valence-corrected chi connectivity index (χ1v) is 5.98. The second kappa shape index (κ2) is 4.61. The summed E-state index contributed by atoms with van der Waals surface area (Å²) in [5, 5.41) is 0. The number of hydrogen-bond donors (Lipinski definition) is 0. The standard InChI is InChI=1S/C12H18BrF/c1-12(2,3)8-11(13)9-5-4-6-10(14)7-9/h4,6-7,9,11H,5,8H2,1-3H3. The first kappa shape index (κ1) is 12.0. The van der Waals surface area contributed by atoms with Crippen molar-refractivity contribution >= 4 is 15.9 Å². The lowest BCUT2D eigenvalue weighted by molar-refractivity contribution is 0.350. The summed E-state index contributed by atoms with van der Waals surface area (Å²) in [5.41, 5.74) is 0.291. The second-order valence-corrected chi connectivity index (χ2v) is 6.31. The molecule has 80 valence electrons. The minimum absolute atomic E-state index is 0.0976. The molecule has 2 heteroatoms. The summed E-state index contributed by atoms with van der Waals surface area (Å²) in [6.45, 7) is 6.62. The van der Waals surface area contributed by atoms with Gasteiger partial charge in [-0.3, -0.25) is 0 Å². The molecule has 2 atom stereocenters. The van der Waals surface area contributed by atoms with Crippen molar-refractivity contribution in [1.82, 2.24) is 0 Å². The monoisotopic (exact) mass is 260 g/mol. The third-order valence-corrected chi connectivity index (χ3v) is 3.33. The van der Waals surface area contributed by atoms with Crippen molar-refractivity contribution in [1.29, 1.82) is 0 Å². The Morgan fingerprint density at radius 2 is 2.21 bits per heavy atom. The van der Waals surface area contributed by atoms with Crippen molar-refractivity contribution in [3.8, 4) is 0 Å². The molecule has 0 aromatic heterocycles. The fourth-order valence-corrected chi connectivity index (χ4v) is 2.99. The lowest BCUT2D eigenvalue weighted by atomic mass is 9.84. The van der Waals surface area contributed by atoms with E-state index in [2.05, 4.69) is 36.7 Å². The van der Waals surface area contributed by atoms with Crippen LogP contribution in [0.4, 0.5) is 4.39 Å². The fraction of sp³-hybridized carbons (Fsp3) is 0.667. The SMILES string of the molecule is CC(C)(C)CC(Br)C1C=C(F)C=CC1. The van der Waals surface area contributed by atoms with E-state index in [9.17, 15) is 4.39 Å². The number of hydrogen-bond acceptors (Lipinski definition) is 0. The number of allylic oxidation sites excluding steroid dienone is 4. The van der Waals surface area contributed by atoms with E-state index >= 15 is 0 Å². The van der Waals surface area contributed by atoms with Crippen molar-refractivity contribution in [2.45, 2.75) is 38.4 Å². The molecular formula is C12H18BrF. The molecule has 0 nitrogen and oxygen atoms in total. The van der Waals surface area contributed by atoms with Crippen LogP contribution in [0.15, 0.2) is 24.1 Å². The molecule has 0 fully saturated rings. The third kappa shape index (κ3) is 3.95. The lowest BCUT2D eigenvalue weighted by Gasteiger charge is -2.27. The Bertz CT molecular complexity index is 248. The molecule has 14 heavy (non-hydrogen) atoms. The van der Waals surface area contributed by atoms with Crippen LogP contribution in [0, 0.1) is 11.3 Å². The normalized spacial score (nSPS) is 24.6. The number of rotatable bonds is 2. The van der Waals surface area contributed by atoms with Crippen LogP contribution in [0.5, 0.6) is 0 Å². The molecule has 0 bridgehead atoms. The van der Waals surface area contributed by atoms with Crippen LogP contribution in [-0.4, -0.2) is 4.83 Å². The average molecular weight is 261 g/mol. The van der Waals surface area contributed by atoms with E-state index < -0.39 is 0 Å². The van der Waals surface area contributed by atoms with Gasteiger partial charge in [-0.2, -0.15) is 0 Å². The molecule has 0 saturated carbocycles. The highest BCUT2D eigenvalue weighted by Gasteiger charge is 2.23. The van der Waals surface area contributed by atoms with Crippen molar-refractivity contribution < 1.29 is 4.39 Å².